The maximum atomic E-state index is 12.1. The molecule has 22 heavy (non-hydrogen) atoms. The third-order valence-electron chi connectivity index (χ3n) is 2.71. The van der Waals surface area contributed by atoms with E-state index in [1.165, 1.54) is 12.1 Å². The SMILES string of the molecule is N#Cc1c(Cl)c(Cl)c(OC(=O)c2ccccc2)c(C#N)c1Cl. The molecule has 108 valence electrons. The minimum absolute atomic E-state index is 0.149. The smallest absolute Gasteiger partial charge is 0.343 e. The molecule has 0 N–H and O–H groups in total. The van der Waals surface area contributed by atoms with E-state index in [0.717, 1.165) is 0 Å². The number of hydrogen-bond donors (Lipinski definition) is 0. The summed E-state index contributed by atoms with van der Waals surface area (Å²) in [6.45, 7) is 0. The Morgan fingerprint density at radius 1 is 0.909 bits per heavy atom. The highest BCUT2D eigenvalue weighted by molar-refractivity contribution is 6.46. The van der Waals surface area contributed by atoms with Crippen molar-refractivity contribution in [1.29, 1.82) is 10.5 Å². The van der Waals surface area contributed by atoms with Gasteiger partial charge in [-0.25, -0.2) is 4.79 Å². The Balaban J connectivity index is 2.55. The predicted molar refractivity (Wildman–Crippen MR) is 82.3 cm³/mol. The van der Waals surface area contributed by atoms with Crippen LogP contribution in [0.5, 0.6) is 5.75 Å². The highest BCUT2D eigenvalue weighted by atomic mass is 35.5. The molecule has 0 unspecified atom stereocenters. The number of esters is 1. The molecule has 0 amide bonds. The highest BCUT2D eigenvalue weighted by Crippen LogP contribution is 2.42. The van der Waals surface area contributed by atoms with Gasteiger partial charge in [0.05, 0.1) is 21.2 Å². The van der Waals surface area contributed by atoms with Crippen molar-refractivity contribution >= 4 is 40.8 Å². The fourth-order valence-electron chi connectivity index (χ4n) is 1.66. The molecule has 0 saturated heterocycles. The van der Waals surface area contributed by atoms with E-state index in [-0.39, 0.29) is 37.5 Å². The Hall–Kier alpha value is -2.24. The maximum absolute atomic E-state index is 12.1. The van der Waals surface area contributed by atoms with Gasteiger partial charge in [-0.2, -0.15) is 10.5 Å². The molecule has 0 atom stereocenters. The molecule has 7 heteroatoms. The van der Waals surface area contributed by atoms with Crippen LogP contribution < -0.4 is 4.74 Å². The lowest BCUT2D eigenvalue weighted by Crippen LogP contribution is -2.10. The summed E-state index contributed by atoms with van der Waals surface area (Å²) in [6, 6.07) is 11.6. The summed E-state index contributed by atoms with van der Waals surface area (Å²) in [4.78, 5) is 12.1. The van der Waals surface area contributed by atoms with Crippen molar-refractivity contribution in [1.82, 2.24) is 0 Å². The molecule has 0 spiro atoms. The average molecular weight is 352 g/mol. The van der Waals surface area contributed by atoms with Crippen molar-refractivity contribution in [3.8, 4) is 17.9 Å². The fourth-order valence-corrected chi connectivity index (χ4v) is 2.42. The van der Waals surface area contributed by atoms with Crippen LogP contribution in [0.2, 0.25) is 15.1 Å². The van der Waals surface area contributed by atoms with Crippen molar-refractivity contribution in [2.24, 2.45) is 0 Å². The van der Waals surface area contributed by atoms with Crippen LogP contribution in [0.1, 0.15) is 21.5 Å². The topological polar surface area (TPSA) is 73.9 Å². The van der Waals surface area contributed by atoms with E-state index in [9.17, 15) is 10.1 Å². The van der Waals surface area contributed by atoms with Crippen molar-refractivity contribution in [2.75, 3.05) is 0 Å². The Labute approximate surface area is 141 Å². The van der Waals surface area contributed by atoms with E-state index in [1.54, 1.807) is 30.3 Å². The van der Waals surface area contributed by atoms with E-state index >= 15 is 0 Å². The lowest BCUT2D eigenvalue weighted by molar-refractivity contribution is 0.0734. The molecule has 2 rings (SSSR count). The summed E-state index contributed by atoms with van der Waals surface area (Å²) in [5.74, 6) is -0.997. The summed E-state index contributed by atoms with van der Waals surface area (Å²) in [5, 5.41) is 17.6. The molecule has 0 heterocycles. The van der Waals surface area contributed by atoms with E-state index in [4.69, 9.17) is 44.8 Å². The molecular weight excluding hydrogens is 347 g/mol. The number of carbonyl (C=O) groups is 1. The Bertz CT molecular complexity index is 837. The number of hydrogen-bond acceptors (Lipinski definition) is 4. The normalized spacial score (nSPS) is 9.68. The third kappa shape index (κ3) is 2.86. The number of nitriles is 2. The zero-order valence-electron chi connectivity index (χ0n) is 10.7. The number of halogens is 3. The zero-order valence-corrected chi connectivity index (χ0v) is 13.0. The molecule has 0 bridgehead atoms. The minimum atomic E-state index is -0.726. The molecule has 0 aliphatic rings. The number of rotatable bonds is 2. The number of nitrogens with zero attached hydrogens (tertiary/aromatic N) is 2. The van der Waals surface area contributed by atoms with E-state index in [2.05, 4.69) is 0 Å². The number of ether oxygens (including phenoxy) is 1. The van der Waals surface area contributed by atoms with Gasteiger partial charge in [0.2, 0.25) is 0 Å². The highest BCUT2D eigenvalue weighted by Gasteiger charge is 2.24. The Kier molecular flexibility index (Phi) is 4.90. The predicted octanol–water partition coefficient (Wildman–Crippen LogP) is 4.61. The van der Waals surface area contributed by atoms with Crippen molar-refractivity contribution in [2.45, 2.75) is 0 Å². The number of benzene rings is 2. The standard InChI is InChI=1S/C15H5Cl3N2O2/c16-11-9(6-19)12(17)13(18)14(10(11)7-20)22-15(21)8-4-2-1-3-5-8/h1-5H. The van der Waals surface area contributed by atoms with Crippen LogP contribution in [0, 0.1) is 22.7 Å². The van der Waals surface area contributed by atoms with Crippen LogP contribution in [0.3, 0.4) is 0 Å². The Morgan fingerprint density at radius 2 is 1.50 bits per heavy atom. The van der Waals surface area contributed by atoms with Gasteiger partial charge < -0.3 is 4.74 Å². The molecule has 0 aromatic heterocycles. The van der Waals surface area contributed by atoms with E-state index < -0.39 is 5.97 Å². The lowest BCUT2D eigenvalue weighted by atomic mass is 10.1. The summed E-state index contributed by atoms with van der Waals surface area (Å²) >= 11 is 17.9. The first-order chi connectivity index (χ1) is 10.5. The second kappa shape index (κ2) is 6.68. The minimum Gasteiger partial charge on any atom is -0.420 e. The molecule has 2 aromatic carbocycles. The Morgan fingerprint density at radius 3 is 2.05 bits per heavy atom. The molecular formula is C15H5Cl3N2O2. The van der Waals surface area contributed by atoms with Gasteiger partial charge in [-0.3, -0.25) is 0 Å². The van der Waals surface area contributed by atoms with E-state index in [0.29, 0.717) is 0 Å². The van der Waals surface area contributed by atoms with Gasteiger partial charge in [0.25, 0.3) is 0 Å². The maximum Gasteiger partial charge on any atom is 0.343 e. The second-order valence-electron chi connectivity index (χ2n) is 4.00. The van der Waals surface area contributed by atoms with Crippen LogP contribution in [0.15, 0.2) is 30.3 Å². The van der Waals surface area contributed by atoms with Crippen LogP contribution in [0.25, 0.3) is 0 Å². The molecule has 0 fully saturated rings. The fraction of sp³-hybridized carbons (Fsp3) is 0. The first-order valence-corrected chi connectivity index (χ1v) is 6.92. The van der Waals surface area contributed by atoms with Gasteiger partial charge in [0.15, 0.2) is 5.75 Å². The van der Waals surface area contributed by atoms with Crippen LogP contribution >= 0.6 is 34.8 Å². The zero-order chi connectivity index (χ0) is 16.3. The molecule has 2 aromatic rings. The molecule has 0 aliphatic carbocycles. The van der Waals surface area contributed by atoms with E-state index in [1.807, 2.05) is 0 Å². The first kappa shape index (κ1) is 16.1. The van der Waals surface area contributed by atoms with Gasteiger partial charge in [-0.1, -0.05) is 53.0 Å². The second-order valence-corrected chi connectivity index (χ2v) is 5.13. The summed E-state index contributed by atoms with van der Waals surface area (Å²) in [5.41, 5.74) is -0.111. The van der Waals surface area contributed by atoms with Crippen molar-refractivity contribution in [3.05, 3.63) is 62.1 Å². The molecule has 0 aliphatic heterocycles. The number of carbonyl (C=O) groups excluding carboxylic acids is 1. The summed E-state index contributed by atoms with van der Waals surface area (Å²) < 4.78 is 5.14. The monoisotopic (exact) mass is 350 g/mol. The summed E-state index contributed by atoms with van der Waals surface area (Å²) in [6.07, 6.45) is 0. The third-order valence-corrected chi connectivity index (χ3v) is 3.92. The van der Waals surface area contributed by atoms with Crippen LogP contribution in [-0.2, 0) is 0 Å². The first-order valence-electron chi connectivity index (χ1n) is 5.79. The molecule has 4 nitrogen and oxygen atoms in total. The van der Waals surface area contributed by atoms with Gasteiger partial charge in [-0.15, -0.1) is 0 Å². The quantitative estimate of drug-likeness (QED) is 0.450. The van der Waals surface area contributed by atoms with Crippen LogP contribution in [0.4, 0.5) is 0 Å². The van der Waals surface area contributed by atoms with Gasteiger partial charge in [-0.05, 0) is 12.1 Å². The average Bonchev–Trinajstić information content (AvgIpc) is 2.54. The van der Waals surface area contributed by atoms with Gasteiger partial charge >= 0.3 is 5.97 Å². The largest absolute Gasteiger partial charge is 0.420 e. The van der Waals surface area contributed by atoms with Crippen molar-refractivity contribution < 1.29 is 9.53 Å². The van der Waals surface area contributed by atoms with Gasteiger partial charge in [0, 0.05) is 0 Å². The van der Waals surface area contributed by atoms with Crippen LogP contribution in [-0.4, -0.2) is 5.97 Å². The molecule has 0 radical (unpaired) electrons. The molecule has 0 saturated carbocycles. The van der Waals surface area contributed by atoms with Crippen molar-refractivity contribution in [3.63, 3.8) is 0 Å². The summed E-state index contributed by atoms with van der Waals surface area (Å²) in [7, 11) is 0. The lowest BCUT2D eigenvalue weighted by Gasteiger charge is -2.12. The van der Waals surface area contributed by atoms with Gasteiger partial charge in [0.1, 0.15) is 22.7 Å².